The maximum Gasteiger partial charge on any atom is 0.306 e. The van der Waals surface area contributed by atoms with Gasteiger partial charge in [-0.1, -0.05) is 161 Å². The minimum Gasteiger partial charge on any atom is -0.462 e. The van der Waals surface area contributed by atoms with Gasteiger partial charge in [0.2, 0.25) is 0 Å². The van der Waals surface area contributed by atoms with E-state index in [1.807, 2.05) is 0 Å². The molecule has 270 valence electrons. The third kappa shape index (κ3) is 35.2. The summed E-state index contributed by atoms with van der Waals surface area (Å²) in [6.45, 7) is 7.73. The first-order chi connectivity index (χ1) is 22.6. The molecule has 0 aromatic carbocycles. The molecule has 0 aliphatic carbocycles. The Bertz CT molecular complexity index is 701. The van der Waals surface area contributed by atoms with Crippen molar-refractivity contribution < 1.29 is 23.8 Å². The van der Waals surface area contributed by atoms with Gasteiger partial charge in [0.05, 0.1) is 6.61 Å². The fourth-order valence-electron chi connectivity index (χ4n) is 5.48. The van der Waals surface area contributed by atoms with Crippen LogP contribution in [0, 0.1) is 0 Å². The van der Waals surface area contributed by atoms with Gasteiger partial charge in [-0.25, -0.2) is 0 Å². The fourth-order valence-corrected chi connectivity index (χ4v) is 5.48. The number of hydrogen-bond donors (Lipinski definition) is 0. The molecule has 0 aliphatic heterocycles. The molecule has 0 saturated heterocycles. The van der Waals surface area contributed by atoms with E-state index in [1.165, 1.54) is 109 Å². The summed E-state index contributed by atoms with van der Waals surface area (Å²) in [7, 11) is 0. The Morgan fingerprint density at radius 2 is 0.913 bits per heavy atom. The second-order valence-corrected chi connectivity index (χ2v) is 13.2. The first kappa shape index (κ1) is 44.4. The van der Waals surface area contributed by atoms with Crippen molar-refractivity contribution in [2.24, 2.45) is 0 Å². The standard InChI is InChI=1S/C41H76O5/c1-4-7-10-13-16-18-19-20-21-22-23-25-26-28-31-34-40(42)45-38-39(37-44-36-33-30-15-12-9-6-3)46-41(43)35-32-29-27-24-17-14-11-8-5-2/h16,18,20-21,39H,4-15,17,19,22-38H2,1-3H3/b18-16-,21-20-. The Labute approximate surface area is 286 Å². The smallest absolute Gasteiger partial charge is 0.306 e. The van der Waals surface area contributed by atoms with Crippen molar-refractivity contribution in [1.29, 1.82) is 0 Å². The SMILES string of the molecule is CCCCC/C=C\C/C=C\CCCCCCCC(=O)OCC(COCCCCCCCC)OC(=O)CCCCCCCCCCC. The largest absolute Gasteiger partial charge is 0.462 e. The zero-order chi connectivity index (χ0) is 33.6. The van der Waals surface area contributed by atoms with Crippen LogP contribution in [-0.4, -0.2) is 37.9 Å². The predicted molar refractivity (Wildman–Crippen MR) is 196 cm³/mol. The number of carbonyl (C=O) groups is 2. The van der Waals surface area contributed by atoms with E-state index in [0.717, 1.165) is 57.8 Å². The van der Waals surface area contributed by atoms with E-state index in [-0.39, 0.29) is 25.2 Å². The van der Waals surface area contributed by atoms with Crippen molar-refractivity contribution in [2.45, 2.75) is 207 Å². The highest BCUT2D eigenvalue weighted by Crippen LogP contribution is 2.13. The van der Waals surface area contributed by atoms with Gasteiger partial charge >= 0.3 is 11.9 Å². The lowest BCUT2D eigenvalue weighted by atomic mass is 10.1. The van der Waals surface area contributed by atoms with E-state index in [4.69, 9.17) is 14.2 Å². The van der Waals surface area contributed by atoms with Crippen LogP contribution in [-0.2, 0) is 23.8 Å². The molecular weight excluding hydrogens is 572 g/mol. The van der Waals surface area contributed by atoms with Crippen LogP contribution in [0.4, 0.5) is 0 Å². The lowest BCUT2D eigenvalue weighted by Gasteiger charge is -2.18. The Morgan fingerprint density at radius 3 is 1.48 bits per heavy atom. The first-order valence-electron chi connectivity index (χ1n) is 19.9. The van der Waals surface area contributed by atoms with Crippen molar-refractivity contribution in [1.82, 2.24) is 0 Å². The quantitative estimate of drug-likeness (QED) is 0.0384. The molecule has 0 aromatic rings. The van der Waals surface area contributed by atoms with Gasteiger partial charge in [0, 0.05) is 19.4 Å². The molecule has 46 heavy (non-hydrogen) atoms. The van der Waals surface area contributed by atoms with Gasteiger partial charge in [0.25, 0.3) is 0 Å². The van der Waals surface area contributed by atoms with E-state index < -0.39 is 6.10 Å². The average molecular weight is 649 g/mol. The summed E-state index contributed by atoms with van der Waals surface area (Å²) in [5.41, 5.74) is 0. The molecule has 0 bridgehead atoms. The van der Waals surface area contributed by atoms with Crippen LogP contribution in [0.15, 0.2) is 24.3 Å². The van der Waals surface area contributed by atoms with Gasteiger partial charge in [0.15, 0.2) is 6.10 Å². The molecule has 0 fully saturated rings. The Morgan fingerprint density at radius 1 is 0.478 bits per heavy atom. The van der Waals surface area contributed by atoms with Gasteiger partial charge in [0.1, 0.15) is 6.61 Å². The van der Waals surface area contributed by atoms with Crippen molar-refractivity contribution >= 4 is 11.9 Å². The summed E-state index contributed by atoms with van der Waals surface area (Å²) in [4.78, 5) is 25.0. The van der Waals surface area contributed by atoms with Crippen molar-refractivity contribution in [3.05, 3.63) is 24.3 Å². The monoisotopic (exact) mass is 649 g/mol. The van der Waals surface area contributed by atoms with Gasteiger partial charge < -0.3 is 14.2 Å². The highest BCUT2D eigenvalue weighted by molar-refractivity contribution is 5.70. The summed E-state index contributed by atoms with van der Waals surface area (Å²) < 4.78 is 17.1. The molecule has 0 rings (SSSR count). The number of hydrogen-bond acceptors (Lipinski definition) is 5. The van der Waals surface area contributed by atoms with E-state index in [1.54, 1.807) is 0 Å². The summed E-state index contributed by atoms with van der Waals surface area (Å²) in [5, 5.41) is 0. The highest BCUT2D eigenvalue weighted by Gasteiger charge is 2.17. The molecular formula is C41H76O5. The normalized spacial score (nSPS) is 12.3. The maximum atomic E-state index is 12.5. The van der Waals surface area contributed by atoms with Crippen LogP contribution in [0.1, 0.15) is 201 Å². The number of rotatable bonds is 36. The Kier molecular flexibility index (Phi) is 36.5. The molecule has 0 radical (unpaired) electrons. The summed E-state index contributed by atoms with van der Waals surface area (Å²) in [5.74, 6) is -0.414. The molecule has 0 aromatic heterocycles. The van der Waals surface area contributed by atoms with Crippen molar-refractivity contribution in [2.75, 3.05) is 19.8 Å². The van der Waals surface area contributed by atoms with Gasteiger partial charge in [-0.05, 0) is 51.4 Å². The van der Waals surface area contributed by atoms with Gasteiger partial charge in [-0.2, -0.15) is 0 Å². The van der Waals surface area contributed by atoms with E-state index >= 15 is 0 Å². The minimum absolute atomic E-state index is 0.0824. The fraction of sp³-hybridized carbons (Fsp3) is 0.854. The Hall–Kier alpha value is -1.62. The summed E-state index contributed by atoms with van der Waals surface area (Å²) in [6, 6.07) is 0. The molecule has 0 spiro atoms. The zero-order valence-corrected chi connectivity index (χ0v) is 30.8. The number of carbonyl (C=O) groups excluding carboxylic acids is 2. The van der Waals surface area contributed by atoms with Crippen LogP contribution in [0.2, 0.25) is 0 Å². The molecule has 1 unspecified atom stereocenters. The van der Waals surface area contributed by atoms with Crippen LogP contribution in [0.25, 0.3) is 0 Å². The molecule has 0 N–H and O–H groups in total. The average Bonchev–Trinajstić information content (AvgIpc) is 3.05. The van der Waals surface area contributed by atoms with E-state index in [0.29, 0.717) is 19.4 Å². The highest BCUT2D eigenvalue weighted by atomic mass is 16.6. The van der Waals surface area contributed by atoms with Crippen LogP contribution >= 0.6 is 0 Å². The lowest BCUT2D eigenvalue weighted by Crippen LogP contribution is -2.30. The molecule has 0 amide bonds. The predicted octanol–water partition coefficient (Wildman–Crippen LogP) is 12.6. The van der Waals surface area contributed by atoms with E-state index in [2.05, 4.69) is 45.1 Å². The van der Waals surface area contributed by atoms with Crippen LogP contribution < -0.4 is 0 Å². The van der Waals surface area contributed by atoms with Crippen LogP contribution in [0.5, 0.6) is 0 Å². The number of ether oxygens (including phenoxy) is 3. The molecule has 5 nitrogen and oxygen atoms in total. The molecule has 1 atom stereocenters. The Balaban J connectivity index is 4.14. The minimum atomic E-state index is -0.528. The number of esters is 2. The summed E-state index contributed by atoms with van der Waals surface area (Å²) in [6.07, 6.45) is 40.3. The molecule has 0 aliphatic rings. The second-order valence-electron chi connectivity index (χ2n) is 13.2. The van der Waals surface area contributed by atoms with Crippen molar-refractivity contribution in [3.63, 3.8) is 0 Å². The molecule has 0 saturated carbocycles. The zero-order valence-electron chi connectivity index (χ0n) is 30.8. The second kappa shape index (κ2) is 37.8. The number of unbranched alkanes of at least 4 members (excludes halogenated alkanes) is 21. The maximum absolute atomic E-state index is 12.5. The summed E-state index contributed by atoms with van der Waals surface area (Å²) >= 11 is 0. The van der Waals surface area contributed by atoms with Crippen molar-refractivity contribution in [3.8, 4) is 0 Å². The third-order valence-electron chi connectivity index (χ3n) is 8.49. The van der Waals surface area contributed by atoms with Gasteiger partial charge in [-0.3, -0.25) is 9.59 Å². The van der Waals surface area contributed by atoms with Gasteiger partial charge in [-0.15, -0.1) is 0 Å². The van der Waals surface area contributed by atoms with Crippen LogP contribution in [0.3, 0.4) is 0 Å². The number of allylic oxidation sites excluding steroid dienone is 4. The lowest BCUT2D eigenvalue weighted by molar-refractivity contribution is -0.163. The molecule has 0 heterocycles. The topological polar surface area (TPSA) is 61.8 Å². The molecule has 5 heteroatoms. The van der Waals surface area contributed by atoms with E-state index in [9.17, 15) is 9.59 Å². The third-order valence-corrected chi connectivity index (χ3v) is 8.49. The first-order valence-corrected chi connectivity index (χ1v) is 19.9.